The third-order valence-corrected chi connectivity index (χ3v) is 6.46. The Kier molecular flexibility index (Phi) is 8.55. The Bertz CT molecular complexity index is 834. The molecule has 1 saturated carbocycles. The Labute approximate surface area is 187 Å². The van der Waals surface area contributed by atoms with Crippen LogP contribution in [0, 0.1) is 30.4 Å². The van der Waals surface area contributed by atoms with Gasteiger partial charge in [0.05, 0.1) is 6.67 Å². The molecule has 0 heterocycles. The molecule has 0 unspecified atom stereocenters. The van der Waals surface area contributed by atoms with Crippen LogP contribution < -0.4 is 4.74 Å². The van der Waals surface area contributed by atoms with Crippen molar-refractivity contribution in [3.63, 3.8) is 0 Å². The van der Waals surface area contributed by atoms with Crippen LogP contribution in [0.2, 0.25) is 0 Å². The second-order valence-electron chi connectivity index (χ2n) is 8.98. The van der Waals surface area contributed by atoms with Crippen molar-refractivity contribution >= 4 is 0 Å². The van der Waals surface area contributed by atoms with Crippen molar-refractivity contribution in [2.24, 2.45) is 11.8 Å². The lowest BCUT2D eigenvalue weighted by Gasteiger charge is -2.28. The van der Waals surface area contributed by atoms with Gasteiger partial charge in [0.1, 0.15) is 22.9 Å². The summed E-state index contributed by atoms with van der Waals surface area (Å²) >= 11 is 0. The molecule has 1 aliphatic rings. The third-order valence-electron chi connectivity index (χ3n) is 6.46. The van der Waals surface area contributed by atoms with E-state index in [0.29, 0.717) is 30.2 Å². The monoisotopic (exact) mass is 454 g/mol. The molecule has 0 aliphatic heterocycles. The number of ether oxygens (including phenoxy) is 1. The normalized spacial score (nSPS) is 19.2. The first-order valence-corrected chi connectivity index (χ1v) is 11.5. The first kappa shape index (κ1) is 24.5. The number of halogens is 5. The van der Waals surface area contributed by atoms with E-state index in [4.69, 9.17) is 0 Å². The van der Waals surface area contributed by atoms with Gasteiger partial charge >= 0.3 is 6.11 Å². The van der Waals surface area contributed by atoms with Crippen molar-refractivity contribution in [1.82, 2.24) is 0 Å². The van der Waals surface area contributed by atoms with E-state index in [1.54, 1.807) is 19.1 Å². The topological polar surface area (TPSA) is 9.23 Å². The molecule has 3 rings (SSSR count). The summed E-state index contributed by atoms with van der Waals surface area (Å²) in [5, 5.41) is 0. The molecule has 0 spiro atoms. The van der Waals surface area contributed by atoms with Crippen LogP contribution in [0.1, 0.15) is 68.1 Å². The smallest absolute Gasteiger partial charge is 0.429 e. The summed E-state index contributed by atoms with van der Waals surface area (Å²) in [4.78, 5) is 0. The van der Waals surface area contributed by atoms with E-state index in [0.717, 1.165) is 62.6 Å². The summed E-state index contributed by atoms with van der Waals surface area (Å²) in [6, 6.07) is 7.82. The third kappa shape index (κ3) is 6.69. The van der Waals surface area contributed by atoms with Gasteiger partial charge in [0.15, 0.2) is 0 Å². The minimum absolute atomic E-state index is 0.163. The molecule has 32 heavy (non-hydrogen) atoms. The fourth-order valence-electron chi connectivity index (χ4n) is 4.56. The number of unbranched alkanes of at least 4 members (excludes halogenated alkanes) is 1. The fraction of sp³-hybridized carbons (Fsp3) is 0.538. The zero-order chi connectivity index (χ0) is 23.1. The summed E-state index contributed by atoms with van der Waals surface area (Å²) in [6.07, 6.45) is 3.99. The van der Waals surface area contributed by atoms with E-state index >= 15 is 0 Å². The highest BCUT2D eigenvalue weighted by Gasteiger charge is 2.41. The van der Waals surface area contributed by atoms with Gasteiger partial charge in [-0.1, -0.05) is 56.2 Å². The zero-order valence-corrected chi connectivity index (χ0v) is 18.5. The van der Waals surface area contributed by atoms with Gasteiger partial charge in [-0.3, -0.25) is 4.39 Å². The van der Waals surface area contributed by atoms with E-state index in [1.165, 1.54) is 12.1 Å². The average Bonchev–Trinajstić information content (AvgIpc) is 2.74. The quantitative estimate of drug-likeness (QED) is 0.259. The molecule has 0 radical (unpaired) electrons. The van der Waals surface area contributed by atoms with Crippen molar-refractivity contribution in [1.29, 1.82) is 0 Å². The molecular formula is C26H31F5O. The van der Waals surface area contributed by atoms with Crippen LogP contribution in [0.3, 0.4) is 0 Å². The number of aryl methyl sites for hydroxylation is 2. The predicted molar refractivity (Wildman–Crippen MR) is 116 cm³/mol. The van der Waals surface area contributed by atoms with Crippen LogP contribution in [0.25, 0.3) is 0 Å². The molecule has 2 aromatic rings. The predicted octanol–water partition coefficient (Wildman–Crippen LogP) is 8.28. The van der Waals surface area contributed by atoms with E-state index in [9.17, 15) is 22.0 Å². The maximum absolute atomic E-state index is 14.5. The van der Waals surface area contributed by atoms with Gasteiger partial charge in [-0.15, -0.1) is 0 Å². The van der Waals surface area contributed by atoms with Gasteiger partial charge in [-0.25, -0.2) is 8.78 Å². The lowest BCUT2D eigenvalue weighted by Crippen LogP contribution is -2.25. The van der Waals surface area contributed by atoms with Gasteiger partial charge in [-0.2, -0.15) is 8.78 Å². The maximum Gasteiger partial charge on any atom is 0.432 e. The Morgan fingerprint density at radius 3 is 2.00 bits per heavy atom. The van der Waals surface area contributed by atoms with E-state index in [2.05, 4.69) is 4.74 Å². The molecule has 1 fully saturated rings. The van der Waals surface area contributed by atoms with Gasteiger partial charge in [0.2, 0.25) is 0 Å². The van der Waals surface area contributed by atoms with E-state index in [1.807, 2.05) is 0 Å². The van der Waals surface area contributed by atoms with E-state index in [-0.39, 0.29) is 12.4 Å². The SMILES string of the molecule is Cc1ccc(OC(F)(F)c2c(F)cc(CCC3CCC(CCCCF)CC3)cc2F)cc1. The molecule has 0 N–H and O–H groups in total. The Hall–Kier alpha value is -2.11. The van der Waals surface area contributed by atoms with Crippen LogP contribution in [0.5, 0.6) is 5.75 Å². The number of hydrogen-bond acceptors (Lipinski definition) is 1. The lowest BCUT2D eigenvalue weighted by molar-refractivity contribution is -0.189. The van der Waals surface area contributed by atoms with Crippen molar-refractivity contribution in [3.8, 4) is 5.75 Å². The Balaban J connectivity index is 1.57. The summed E-state index contributed by atoms with van der Waals surface area (Å²) in [6.45, 7) is 1.53. The van der Waals surface area contributed by atoms with Crippen LogP contribution in [0.15, 0.2) is 36.4 Å². The number of rotatable bonds is 10. The van der Waals surface area contributed by atoms with Crippen LogP contribution >= 0.6 is 0 Å². The number of hydrogen-bond donors (Lipinski definition) is 0. The van der Waals surface area contributed by atoms with Crippen molar-refractivity contribution in [2.75, 3.05) is 6.67 Å². The van der Waals surface area contributed by atoms with Gasteiger partial charge in [0.25, 0.3) is 0 Å². The van der Waals surface area contributed by atoms with Crippen molar-refractivity contribution in [2.45, 2.75) is 70.8 Å². The molecule has 176 valence electrons. The lowest BCUT2D eigenvalue weighted by atomic mass is 9.78. The van der Waals surface area contributed by atoms with Crippen molar-refractivity contribution < 1.29 is 26.7 Å². The molecule has 6 heteroatoms. The average molecular weight is 455 g/mol. The van der Waals surface area contributed by atoms with Crippen molar-refractivity contribution in [3.05, 3.63) is 64.7 Å². The second kappa shape index (κ2) is 11.2. The molecule has 0 aromatic heterocycles. The minimum Gasteiger partial charge on any atom is -0.429 e. The fourth-order valence-corrected chi connectivity index (χ4v) is 4.56. The maximum atomic E-state index is 14.5. The Morgan fingerprint density at radius 1 is 0.875 bits per heavy atom. The Morgan fingerprint density at radius 2 is 1.44 bits per heavy atom. The molecule has 0 atom stereocenters. The summed E-state index contributed by atoms with van der Waals surface area (Å²) < 4.78 is 74.9. The van der Waals surface area contributed by atoms with Crippen LogP contribution in [0.4, 0.5) is 22.0 Å². The molecule has 2 aromatic carbocycles. The highest BCUT2D eigenvalue weighted by atomic mass is 19.3. The highest BCUT2D eigenvalue weighted by Crippen LogP contribution is 2.37. The first-order chi connectivity index (χ1) is 15.3. The van der Waals surface area contributed by atoms with Crippen LogP contribution in [-0.4, -0.2) is 6.67 Å². The first-order valence-electron chi connectivity index (χ1n) is 11.5. The molecule has 0 bridgehead atoms. The molecule has 0 saturated heterocycles. The minimum atomic E-state index is -4.12. The summed E-state index contributed by atoms with van der Waals surface area (Å²) in [7, 11) is 0. The molecule has 1 aliphatic carbocycles. The van der Waals surface area contributed by atoms with Gasteiger partial charge < -0.3 is 4.74 Å². The number of benzene rings is 2. The molecule has 1 nitrogen and oxygen atoms in total. The van der Waals surface area contributed by atoms with Gasteiger partial charge in [-0.05, 0) is 67.9 Å². The number of alkyl halides is 3. The largest absolute Gasteiger partial charge is 0.432 e. The zero-order valence-electron chi connectivity index (χ0n) is 18.5. The van der Waals surface area contributed by atoms with Gasteiger partial charge in [0, 0.05) is 0 Å². The summed E-state index contributed by atoms with van der Waals surface area (Å²) in [5.41, 5.74) is -0.136. The molecule has 0 amide bonds. The standard InChI is InChI=1S/C26H31F5O/c1-18-5-13-22(14-6-18)32-26(30,31)25-23(28)16-21(17-24(25)29)12-11-20-9-7-19(8-10-20)4-2-3-15-27/h5-6,13-14,16-17,19-20H,2-4,7-12,15H2,1H3. The summed E-state index contributed by atoms with van der Waals surface area (Å²) in [5.74, 6) is -1.65. The second-order valence-corrected chi connectivity index (χ2v) is 8.98. The highest BCUT2D eigenvalue weighted by molar-refractivity contribution is 5.31. The molecular weight excluding hydrogens is 423 g/mol. The van der Waals surface area contributed by atoms with E-state index < -0.39 is 23.3 Å². The van der Waals surface area contributed by atoms with Crippen LogP contribution in [-0.2, 0) is 12.5 Å².